The topological polar surface area (TPSA) is 75.4 Å². The molecule has 0 aromatic heterocycles. The lowest BCUT2D eigenvalue weighted by Crippen LogP contribution is -2.42. The Morgan fingerprint density at radius 2 is 1.88 bits per heavy atom. The number of amides is 2. The van der Waals surface area contributed by atoms with E-state index < -0.39 is 0 Å². The Morgan fingerprint density at radius 3 is 2.44 bits per heavy atom. The van der Waals surface area contributed by atoms with Crippen LogP contribution in [0.15, 0.2) is 24.3 Å². The highest BCUT2D eigenvalue weighted by molar-refractivity contribution is 6.30. The Hall–Kier alpha value is -1.30. The fraction of sp³-hybridized carbons (Fsp3) is 0.556. The smallest absolute Gasteiger partial charge is 0.251 e. The van der Waals surface area contributed by atoms with Crippen LogP contribution in [0.25, 0.3) is 0 Å². The first-order valence-corrected chi connectivity index (χ1v) is 8.92. The van der Waals surface area contributed by atoms with Gasteiger partial charge in [-0.05, 0) is 56.4 Å². The molecule has 7 heteroatoms. The van der Waals surface area contributed by atoms with Gasteiger partial charge in [0.2, 0.25) is 5.91 Å². The number of benzene rings is 1. The molecule has 0 spiro atoms. The van der Waals surface area contributed by atoms with E-state index in [0.717, 1.165) is 25.9 Å². The molecule has 2 rings (SSSR count). The molecule has 1 aromatic carbocycles. The second-order valence-corrected chi connectivity index (χ2v) is 6.88. The van der Waals surface area contributed by atoms with Crippen LogP contribution in [0.4, 0.5) is 0 Å². The van der Waals surface area contributed by atoms with Crippen molar-refractivity contribution >= 4 is 35.8 Å². The maximum atomic E-state index is 12.2. The van der Waals surface area contributed by atoms with Gasteiger partial charge in [-0.3, -0.25) is 9.59 Å². The molecule has 5 nitrogen and oxygen atoms in total. The second-order valence-electron chi connectivity index (χ2n) is 6.44. The highest BCUT2D eigenvalue weighted by atomic mass is 35.5. The van der Waals surface area contributed by atoms with Crippen molar-refractivity contribution in [3.05, 3.63) is 34.9 Å². The third kappa shape index (κ3) is 6.84. The summed E-state index contributed by atoms with van der Waals surface area (Å²) in [6.07, 6.45) is 3.07. The first kappa shape index (κ1) is 21.7. The average molecular weight is 388 g/mol. The number of hydrogen-bond acceptors (Lipinski definition) is 3. The summed E-state index contributed by atoms with van der Waals surface area (Å²) < 4.78 is 0. The fourth-order valence-electron chi connectivity index (χ4n) is 2.98. The van der Waals surface area contributed by atoms with Crippen LogP contribution in [-0.4, -0.2) is 42.4 Å². The van der Waals surface area contributed by atoms with Crippen molar-refractivity contribution in [3.63, 3.8) is 0 Å². The average Bonchev–Trinajstić information content (AvgIpc) is 2.59. The normalized spacial score (nSPS) is 16.0. The van der Waals surface area contributed by atoms with Crippen molar-refractivity contribution < 1.29 is 9.59 Å². The zero-order valence-corrected chi connectivity index (χ0v) is 16.1. The van der Waals surface area contributed by atoms with Crippen molar-refractivity contribution in [1.29, 1.82) is 0 Å². The summed E-state index contributed by atoms with van der Waals surface area (Å²) >= 11 is 5.80. The van der Waals surface area contributed by atoms with E-state index in [9.17, 15) is 9.59 Å². The van der Waals surface area contributed by atoms with Gasteiger partial charge in [0.15, 0.2) is 0 Å². The molecule has 25 heavy (non-hydrogen) atoms. The zero-order chi connectivity index (χ0) is 17.5. The number of halogens is 2. The predicted octanol–water partition coefficient (Wildman–Crippen LogP) is 2.86. The van der Waals surface area contributed by atoms with E-state index in [-0.39, 0.29) is 30.3 Å². The number of likely N-dealkylation sites (tertiary alicyclic amines) is 1. The monoisotopic (exact) mass is 387 g/mol. The molecule has 1 heterocycles. The van der Waals surface area contributed by atoms with Gasteiger partial charge >= 0.3 is 0 Å². The Labute approximate surface area is 160 Å². The predicted molar refractivity (Wildman–Crippen MR) is 103 cm³/mol. The van der Waals surface area contributed by atoms with Crippen molar-refractivity contribution in [1.82, 2.24) is 10.2 Å². The van der Waals surface area contributed by atoms with Gasteiger partial charge in [-0.2, -0.15) is 0 Å². The zero-order valence-electron chi connectivity index (χ0n) is 14.5. The summed E-state index contributed by atoms with van der Waals surface area (Å²) in [6, 6.07) is 6.94. The molecular formula is C18H27Cl2N3O2. The molecule has 3 N–H and O–H groups in total. The van der Waals surface area contributed by atoms with Crippen LogP contribution in [0.5, 0.6) is 0 Å². The summed E-state index contributed by atoms with van der Waals surface area (Å²) in [7, 11) is 0. The van der Waals surface area contributed by atoms with Crippen molar-refractivity contribution in [2.24, 2.45) is 11.7 Å². The van der Waals surface area contributed by atoms with Crippen LogP contribution in [0, 0.1) is 5.92 Å². The van der Waals surface area contributed by atoms with Crippen LogP contribution in [0.2, 0.25) is 5.02 Å². The lowest BCUT2D eigenvalue weighted by atomic mass is 9.91. The van der Waals surface area contributed by atoms with Crippen LogP contribution in [0.1, 0.15) is 43.0 Å². The first-order valence-electron chi connectivity index (χ1n) is 8.54. The summed E-state index contributed by atoms with van der Waals surface area (Å²) in [6.45, 7) is 4.11. The standard InChI is InChI=1S/C18H26ClN3O2.ClH/c1-13(20)14-8-11-22(12-9-14)17(23)3-2-10-21-18(24)15-4-6-16(19)7-5-15;/h4-7,13-14H,2-3,8-12,20H2,1H3,(H,21,24);1H. The van der Waals surface area contributed by atoms with Gasteiger partial charge in [0, 0.05) is 42.7 Å². The Balaban J connectivity index is 0.00000312. The molecule has 0 radical (unpaired) electrons. The fourth-order valence-corrected chi connectivity index (χ4v) is 3.10. The van der Waals surface area contributed by atoms with Gasteiger partial charge in [-0.25, -0.2) is 0 Å². The Morgan fingerprint density at radius 1 is 1.28 bits per heavy atom. The van der Waals surface area contributed by atoms with Crippen LogP contribution < -0.4 is 11.1 Å². The van der Waals surface area contributed by atoms with E-state index in [2.05, 4.69) is 5.32 Å². The van der Waals surface area contributed by atoms with Gasteiger partial charge in [0.1, 0.15) is 0 Å². The maximum absolute atomic E-state index is 12.2. The molecule has 0 saturated carbocycles. The Kier molecular flexibility index (Phi) is 9.25. The summed E-state index contributed by atoms with van der Waals surface area (Å²) in [5.41, 5.74) is 6.49. The first-order chi connectivity index (χ1) is 11.5. The van der Waals surface area contributed by atoms with Crippen LogP contribution in [0.3, 0.4) is 0 Å². The Bertz CT molecular complexity index is 556. The van der Waals surface area contributed by atoms with Gasteiger partial charge in [0.05, 0.1) is 0 Å². The highest BCUT2D eigenvalue weighted by Gasteiger charge is 2.24. The lowest BCUT2D eigenvalue weighted by Gasteiger charge is -2.33. The van der Waals surface area contributed by atoms with Gasteiger partial charge in [-0.1, -0.05) is 11.6 Å². The molecule has 1 atom stereocenters. The number of piperidine rings is 1. The molecule has 2 amide bonds. The number of carbonyl (C=O) groups excluding carboxylic acids is 2. The maximum Gasteiger partial charge on any atom is 0.251 e. The molecule has 1 unspecified atom stereocenters. The highest BCUT2D eigenvalue weighted by Crippen LogP contribution is 2.20. The van der Waals surface area contributed by atoms with Gasteiger partial charge in [-0.15, -0.1) is 12.4 Å². The molecule has 1 saturated heterocycles. The molecule has 0 aliphatic carbocycles. The molecule has 1 fully saturated rings. The van der Waals surface area contributed by atoms with E-state index in [4.69, 9.17) is 17.3 Å². The number of carbonyl (C=O) groups is 2. The number of nitrogens with one attached hydrogen (secondary N) is 1. The summed E-state index contributed by atoms with van der Waals surface area (Å²) in [5.74, 6) is 0.545. The largest absolute Gasteiger partial charge is 0.352 e. The quantitative estimate of drug-likeness (QED) is 0.736. The number of hydrogen-bond donors (Lipinski definition) is 2. The van der Waals surface area contributed by atoms with Gasteiger partial charge in [0.25, 0.3) is 5.91 Å². The summed E-state index contributed by atoms with van der Waals surface area (Å²) in [4.78, 5) is 26.1. The van der Waals surface area contributed by atoms with E-state index in [1.807, 2.05) is 11.8 Å². The molecule has 140 valence electrons. The SMILES string of the molecule is CC(N)C1CCN(C(=O)CCCNC(=O)c2ccc(Cl)cc2)CC1.Cl. The van der Waals surface area contributed by atoms with Crippen molar-refractivity contribution in [2.45, 2.75) is 38.6 Å². The third-order valence-corrected chi connectivity index (χ3v) is 4.85. The molecule has 0 bridgehead atoms. The van der Waals surface area contributed by atoms with Crippen molar-refractivity contribution in [2.75, 3.05) is 19.6 Å². The van der Waals surface area contributed by atoms with E-state index in [1.54, 1.807) is 24.3 Å². The third-order valence-electron chi connectivity index (χ3n) is 4.60. The minimum absolute atomic E-state index is 0. The van der Waals surface area contributed by atoms with Crippen LogP contribution in [-0.2, 0) is 4.79 Å². The number of nitrogens with zero attached hydrogens (tertiary/aromatic N) is 1. The number of nitrogens with two attached hydrogens (primary N) is 1. The second kappa shape index (κ2) is 10.6. The van der Waals surface area contributed by atoms with E-state index in [0.29, 0.717) is 35.9 Å². The lowest BCUT2D eigenvalue weighted by molar-refractivity contribution is -0.132. The minimum atomic E-state index is -0.142. The van der Waals surface area contributed by atoms with Gasteiger partial charge < -0.3 is 16.0 Å². The minimum Gasteiger partial charge on any atom is -0.352 e. The molecule has 1 aliphatic rings. The number of rotatable bonds is 6. The van der Waals surface area contributed by atoms with E-state index in [1.165, 1.54) is 0 Å². The molecule has 1 aliphatic heterocycles. The molecular weight excluding hydrogens is 361 g/mol. The van der Waals surface area contributed by atoms with Crippen molar-refractivity contribution in [3.8, 4) is 0 Å². The summed E-state index contributed by atoms with van der Waals surface area (Å²) in [5, 5.41) is 3.43. The van der Waals surface area contributed by atoms with E-state index >= 15 is 0 Å². The van der Waals surface area contributed by atoms with Crippen LogP contribution >= 0.6 is 24.0 Å². The molecule has 1 aromatic rings.